The van der Waals surface area contributed by atoms with Crippen LogP contribution in [0.5, 0.6) is 6.01 Å². The number of nitrogens with one attached hydrogen (secondary N) is 2. The molecule has 7 nitrogen and oxygen atoms in total. The molecule has 7 heteroatoms. The lowest BCUT2D eigenvalue weighted by atomic mass is 9.70. The van der Waals surface area contributed by atoms with Gasteiger partial charge in [-0.2, -0.15) is 15.0 Å². The number of ether oxygens (including phenoxy) is 1. The molecule has 1 heterocycles. The van der Waals surface area contributed by atoms with Crippen LogP contribution in [0.15, 0.2) is 0 Å². The summed E-state index contributed by atoms with van der Waals surface area (Å²) in [5.41, 5.74) is 2.76. The molecule has 2 rings (SSSR count). The van der Waals surface area contributed by atoms with Gasteiger partial charge in [-0.3, -0.25) is 5.43 Å². The van der Waals surface area contributed by atoms with Gasteiger partial charge in [0, 0.05) is 6.54 Å². The number of nitrogen functional groups attached to an aromatic ring is 1. The Bertz CT molecular complexity index is 407. The smallest absolute Gasteiger partial charge is 0.323 e. The first-order chi connectivity index (χ1) is 8.65. The molecule has 0 aromatic carbocycles. The van der Waals surface area contributed by atoms with Crippen molar-refractivity contribution in [3.63, 3.8) is 0 Å². The first kappa shape index (κ1) is 12.8. The van der Waals surface area contributed by atoms with Crippen molar-refractivity contribution in [1.82, 2.24) is 15.0 Å². The lowest BCUT2D eigenvalue weighted by Crippen LogP contribution is -2.33. The van der Waals surface area contributed by atoms with Crippen molar-refractivity contribution in [2.75, 3.05) is 23.9 Å². The van der Waals surface area contributed by atoms with E-state index in [4.69, 9.17) is 10.6 Å². The van der Waals surface area contributed by atoms with Gasteiger partial charge in [-0.15, -0.1) is 0 Å². The molecule has 0 bridgehead atoms. The summed E-state index contributed by atoms with van der Waals surface area (Å²) in [6, 6.07) is 0.279. The molecule has 18 heavy (non-hydrogen) atoms. The molecule has 1 aromatic heterocycles. The monoisotopic (exact) mass is 252 g/mol. The van der Waals surface area contributed by atoms with Crippen LogP contribution in [0.3, 0.4) is 0 Å². The maximum atomic E-state index is 5.32. The Hall–Kier alpha value is -1.63. The van der Waals surface area contributed by atoms with Crippen LogP contribution in [0.1, 0.15) is 33.1 Å². The second kappa shape index (κ2) is 5.34. The van der Waals surface area contributed by atoms with Crippen LogP contribution in [-0.4, -0.2) is 28.1 Å². The standard InChI is InChI=1S/C11H20N6O/c1-3-18-10-15-8(14-9(16-10)17-12)13-7-11(2)5-4-6-11/h3-7,12H2,1-2H3,(H2,13,14,15,16,17). The van der Waals surface area contributed by atoms with E-state index in [0.29, 0.717) is 23.9 Å². The van der Waals surface area contributed by atoms with Crippen molar-refractivity contribution < 1.29 is 4.74 Å². The highest BCUT2D eigenvalue weighted by Crippen LogP contribution is 2.40. The van der Waals surface area contributed by atoms with E-state index in [-0.39, 0.29) is 6.01 Å². The quantitative estimate of drug-likeness (QED) is 0.516. The fraction of sp³-hybridized carbons (Fsp3) is 0.727. The van der Waals surface area contributed by atoms with E-state index in [1.807, 2.05) is 6.92 Å². The highest BCUT2D eigenvalue weighted by Gasteiger charge is 2.31. The van der Waals surface area contributed by atoms with Gasteiger partial charge in [-0.1, -0.05) is 13.3 Å². The number of aromatic nitrogens is 3. The van der Waals surface area contributed by atoms with E-state index in [2.05, 4.69) is 32.6 Å². The van der Waals surface area contributed by atoms with Gasteiger partial charge in [0.2, 0.25) is 11.9 Å². The number of hydrazine groups is 1. The number of rotatable bonds is 6. The topological polar surface area (TPSA) is 98.0 Å². The van der Waals surface area contributed by atoms with E-state index >= 15 is 0 Å². The molecule has 1 fully saturated rings. The lowest BCUT2D eigenvalue weighted by Gasteiger charge is -2.38. The largest absolute Gasteiger partial charge is 0.464 e. The molecule has 1 aliphatic carbocycles. The minimum absolute atomic E-state index is 0.279. The van der Waals surface area contributed by atoms with Gasteiger partial charge in [0.05, 0.1) is 6.61 Å². The molecule has 0 atom stereocenters. The summed E-state index contributed by atoms with van der Waals surface area (Å²) in [6.45, 7) is 5.50. The normalized spacial score (nSPS) is 16.8. The summed E-state index contributed by atoms with van der Waals surface area (Å²) >= 11 is 0. The number of hydrogen-bond acceptors (Lipinski definition) is 7. The molecule has 1 saturated carbocycles. The van der Waals surface area contributed by atoms with Crippen LogP contribution >= 0.6 is 0 Å². The predicted molar refractivity (Wildman–Crippen MR) is 69.3 cm³/mol. The zero-order valence-electron chi connectivity index (χ0n) is 10.9. The van der Waals surface area contributed by atoms with Gasteiger partial charge in [0.1, 0.15) is 0 Å². The molecule has 1 aliphatic rings. The van der Waals surface area contributed by atoms with Crippen LogP contribution in [0.25, 0.3) is 0 Å². The molecule has 0 saturated heterocycles. The SMILES string of the molecule is CCOc1nc(NN)nc(NCC2(C)CCC2)n1. The van der Waals surface area contributed by atoms with Gasteiger partial charge in [0.25, 0.3) is 0 Å². The summed E-state index contributed by atoms with van der Waals surface area (Å²) < 4.78 is 5.26. The van der Waals surface area contributed by atoms with Crippen molar-refractivity contribution in [2.24, 2.45) is 11.3 Å². The zero-order valence-corrected chi connectivity index (χ0v) is 10.9. The van der Waals surface area contributed by atoms with Crippen LogP contribution in [0, 0.1) is 5.41 Å². The Labute approximate surface area is 107 Å². The number of hydrogen-bond donors (Lipinski definition) is 3. The van der Waals surface area contributed by atoms with Crippen molar-refractivity contribution in [1.29, 1.82) is 0 Å². The van der Waals surface area contributed by atoms with E-state index in [0.717, 1.165) is 6.54 Å². The third kappa shape index (κ3) is 2.98. The Morgan fingerprint density at radius 1 is 1.28 bits per heavy atom. The maximum Gasteiger partial charge on any atom is 0.323 e. The third-order valence-electron chi connectivity index (χ3n) is 3.25. The molecule has 0 radical (unpaired) electrons. The third-order valence-corrected chi connectivity index (χ3v) is 3.25. The highest BCUT2D eigenvalue weighted by molar-refractivity contribution is 5.35. The Morgan fingerprint density at radius 3 is 2.56 bits per heavy atom. The molecule has 0 unspecified atom stereocenters. The fourth-order valence-corrected chi connectivity index (χ4v) is 1.94. The summed E-state index contributed by atoms with van der Waals surface area (Å²) in [6.07, 6.45) is 3.78. The van der Waals surface area contributed by atoms with Gasteiger partial charge >= 0.3 is 6.01 Å². The number of nitrogens with zero attached hydrogens (tertiary/aromatic N) is 3. The van der Waals surface area contributed by atoms with Crippen molar-refractivity contribution in [2.45, 2.75) is 33.1 Å². The van der Waals surface area contributed by atoms with Crippen LogP contribution in [0.4, 0.5) is 11.9 Å². The van der Waals surface area contributed by atoms with Gasteiger partial charge in [0.15, 0.2) is 0 Å². The predicted octanol–water partition coefficient (Wildman–Crippen LogP) is 1.16. The van der Waals surface area contributed by atoms with Crippen LogP contribution in [0.2, 0.25) is 0 Å². The Balaban J connectivity index is 2.03. The second-order valence-corrected chi connectivity index (χ2v) is 4.86. The molecule has 0 spiro atoms. The second-order valence-electron chi connectivity index (χ2n) is 4.86. The zero-order chi connectivity index (χ0) is 13.0. The molecular formula is C11H20N6O. The van der Waals surface area contributed by atoms with Gasteiger partial charge in [-0.25, -0.2) is 5.84 Å². The molecule has 100 valence electrons. The van der Waals surface area contributed by atoms with Crippen molar-refractivity contribution >= 4 is 11.9 Å². The summed E-state index contributed by atoms with van der Waals surface area (Å²) in [7, 11) is 0. The average Bonchev–Trinajstić information content (AvgIpc) is 2.34. The molecular weight excluding hydrogens is 232 g/mol. The average molecular weight is 252 g/mol. The van der Waals surface area contributed by atoms with Crippen LogP contribution < -0.4 is 21.3 Å². The summed E-state index contributed by atoms with van der Waals surface area (Å²) in [4.78, 5) is 12.3. The Kier molecular flexibility index (Phi) is 3.81. The van der Waals surface area contributed by atoms with Crippen LogP contribution in [-0.2, 0) is 0 Å². The van der Waals surface area contributed by atoms with E-state index in [1.165, 1.54) is 19.3 Å². The van der Waals surface area contributed by atoms with Crippen molar-refractivity contribution in [3.05, 3.63) is 0 Å². The number of nitrogens with two attached hydrogens (primary N) is 1. The summed E-state index contributed by atoms with van der Waals surface area (Å²) in [5, 5.41) is 3.22. The van der Waals surface area contributed by atoms with Gasteiger partial charge < -0.3 is 10.1 Å². The number of anilines is 2. The molecule has 1 aromatic rings. The molecule has 0 aliphatic heterocycles. The highest BCUT2D eigenvalue weighted by atomic mass is 16.5. The first-order valence-electron chi connectivity index (χ1n) is 6.24. The molecule has 4 N–H and O–H groups in total. The minimum atomic E-state index is 0.279. The van der Waals surface area contributed by atoms with E-state index in [1.54, 1.807) is 0 Å². The molecule has 0 amide bonds. The summed E-state index contributed by atoms with van der Waals surface area (Å²) in [5.74, 6) is 6.11. The maximum absolute atomic E-state index is 5.32. The Morgan fingerprint density at radius 2 is 2.00 bits per heavy atom. The fourth-order valence-electron chi connectivity index (χ4n) is 1.94. The van der Waals surface area contributed by atoms with Gasteiger partial charge in [-0.05, 0) is 25.2 Å². The lowest BCUT2D eigenvalue weighted by molar-refractivity contribution is 0.179. The first-order valence-corrected chi connectivity index (χ1v) is 6.24. The minimum Gasteiger partial charge on any atom is -0.464 e. The van der Waals surface area contributed by atoms with E-state index < -0.39 is 0 Å². The van der Waals surface area contributed by atoms with E-state index in [9.17, 15) is 0 Å². The van der Waals surface area contributed by atoms with Crippen molar-refractivity contribution in [3.8, 4) is 6.01 Å².